The normalized spacial score (nSPS) is 30.8. The highest BCUT2D eigenvalue weighted by Gasteiger charge is 2.38. The molecule has 0 amide bonds. The summed E-state index contributed by atoms with van der Waals surface area (Å²) >= 11 is 3.68. The summed E-state index contributed by atoms with van der Waals surface area (Å²) in [5.41, 5.74) is 0.526. The molecular formula is C13H24BrNO. The zero-order valence-electron chi connectivity index (χ0n) is 10.1. The van der Waals surface area contributed by atoms with E-state index in [1.807, 2.05) is 0 Å². The molecule has 1 aliphatic heterocycles. The Morgan fingerprint density at radius 2 is 2.00 bits per heavy atom. The van der Waals surface area contributed by atoms with Crippen LogP contribution in [0.1, 0.15) is 44.9 Å². The molecule has 0 aromatic heterocycles. The Bertz CT molecular complexity index is 212. The number of aliphatic hydroxyl groups excluding tert-OH is 1. The monoisotopic (exact) mass is 289 g/mol. The Hall–Kier alpha value is 0.400. The number of likely N-dealkylation sites (tertiary alicyclic amines) is 1. The van der Waals surface area contributed by atoms with Crippen molar-refractivity contribution in [1.82, 2.24) is 4.90 Å². The van der Waals surface area contributed by atoms with Crippen molar-refractivity contribution < 1.29 is 5.11 Å². The summed E-state index contributed by atoms with van der Waals surface area (Å²) < 4.78 is 0. The van der Waals surface area contributed by atoms with Gasteiger partial charge in [0.1, 0.15) is 0 Å². The van der Waals surface area contributed by atoms with E-state index in [0.29, 0.717) is 18.1 Å². The highest BCUT2D eigenvalue weighted by atomic mass is 79.9. The molecule has 3 heteroatoms. The maximum atomic E-state index is 9.49. The van der Waals surface area contributed by atoms with E-state index in [1.54, 1.807) is 0 Å². The highest BCUT2D eigenvalue weighted by Crippen LogP contribution is 2.43. The fraction of sp³-hybridized carbons (Fsp3) is 1.00. The lowest BCUT2D eigenvalue weighted by atomic mass is 9.70. The molecule has 1 unspecified atom stereocenters. The predicted molar refractivity (Wildman–Crippen MR) is 71.0 cm³/mol. The van der Waals surface area contributed by atoms with Crippen molar-refractivity contribution in [3.05, 3.63) is 0 Å². The van der Waals surface area contributed by atoms with Gasteiger partial charge in [-0.3, -0.25) is 4.90 Å². The van der Waals surface area contributed by atoms with Crippen LogP contribution in [-0.2, 0) is 0 Å². The zero-order valence-corrected chi connectivity index (χ0v) is 11.7. The molecular weight excluding hydrogens is 266 g/mol. The van der Waals surface area contributed by atoms with Crippen molar-refractivity contribution in [2.45, 2.75) is 51.0 Å². The summed E-state index contributed by atoms with van der Waals surface area (Å²) in [6.07, 6.45) is 9.27. The van der Waals surface area contributed by atoms with Crippen molar-refractivity contribution in [2.75, 3.05) is 25.0 Å². The Labute approximate surface area is 108 Å². The third-order valence-electron chi connectivity index (χ3n) is 4.45. The van der Waals surface area contributed by atoms with E-state index >= 15 is 0 Å². The van der Waals surface area contributed by atoms with Crippen molar-refractivity contribution in [3.8, 4) is 0 Å². The van der Waals surface area contributed by atoms with E-state index in [0.717, 1.165) is 5.33 Å². The second-order valence-corrected chi connectivity index (χ2v) is 6.20. The van der Waals surface area contributed by atoms with Crippen molar-refractivity contribution in [2.24, 2.45) is 5.41 Å². The molecule has 2 rings (SSSR count). The number of hydrogen-bond acceptors (Lipinski definition) is 2. The summed E-state index contributed by atoms with van der Waals surface area (Å²) in [6.45, 7) is 2.74. The standard InChI is InChI=1S/C13H24BrNO/c14-10-13(6-4-7-13)11-15-8-3-1-2-5-12(15)9-16/h12,16H,1-11H2. The van der Waals surface area contributed by atoms with Crippen LogP contribution in [0.4, 0.5) is 0 Å². The first-order valence-electron chi connectivity index (χ1n) is 6.70. The van der Waals surface area contributed by atoms with Crippen LogP contribution in [0.25, 0.3) is 0 Å². The quantitative estimate of drug-likeness (QED) is 0.805. The minimum atomic E-state index is 0.346. The van der Waals surface area contributed by atoms with Gasteiger partial charge in [-0.05, 0) is 37.6 Å². The molecule has 2 aliphatic rings. The molecule has 1 atom stereocenters. The van der Waals surface area contributed by atoms with E-state index in [4.69, 9.17) is 0 Å². The first-order chi connectivity index (χ1) is 7.79. The van der Waals surface area contributed by atoms with Crippen LogP contribution in [-0.4, -0.2) is 41.1 Å². The minimum absolute atomic E-state index is 0.346. The van der Waals surface area contributed by atoms with Gasteiger partial charge in [0.2, 0.25) is 0 Å². The lowest BCUT2D eigenvalue weighted by molar-refractivity contribution is 0.0449. The van der Waals surface area contributed by atoms with Crippen LogP contribution in [0.5, 0.6) is 0 Å². The van der Waals surface area contributed by atoms with Crippen LogP contribution in [0.2, 0.25) is 0 Å². The van der Waals surface area contributed by atoms with Crippen LogP contribution in [0.15, 0.2) is 0 Å². The van der Waals surface area contributed by atoms with Gasteiger partial charge in [-0.15, -0.1) is 0 Å². The number of alkyl halides is 1. The number of halogens is 1. The second kappa shape index (κ2) is 5.83. The molecule has 1 saturated carbocycles. The molecule has 0 aromatic carbocycles. The second-order valence-electron chi connectivity index (χ2n) is 5.64. The molecule has 0 aromatic rings. The largest absolute Gasteiger partial charge is 0.395 e. The van der Waals surface area contributed by atoms with Crippen LogP contribution < -0.4 is 0 Å². The average molecular weight is 290 g/mol. The molecule has 1 saturated heterocycles. The summed E-state index contributed by atoms with van der Waals surface area (Å²) in [5, 5.41) is 10.6. The number of rotatable bonds is 4. The number of nitrogens with zero attached hydrogens (tertiary/aromatic N) is 1. The molecule has 16 heavy (non-hydrogen) atoms. The third-order valence-corrected chi connectivity index (χ3v) is 5.64. The van der Waals surface area contributed by atoms with E-state index in [-0.39, 0.29) is 0 Å². The van der Waals surface area contributed by atoms with Crippen LogP contribution in [0.3, 0.4) is 0 Å². The van der Waals surface area contributed by atoms with Gasteiger partial charge in [0.25, 0.3) is 0 Å². The van der Waals surface area contributed by atoms with Gasteiger partial charge in [-0.25, -0.2) is 0 Å². The summed E-state index contributed by atoms with van der Waals surface area (Å²) in [4.78, 5) is 2.56. The first-order valence-corrected chi connectivity index (χ1v) is 7.83. The lowest BCUT2D eigenvalue weighted by Gasteiger charge is -2.45. The fourth-order valence-corrected chi connectivity index (χ4v) is 3.83. The topological polar surface area (TPSA) is 23.5 Å². The smallest absolute Gasteiger partial charge is 0.0586 e. The number of aliphatic hydroxyl groups is 1. The minimum Gasteiger partial charge on any atom is -0.395 e. The molecule has 2 nitrogen and oxygen atoms in total. The molecule has 0 spiro atoms. The Balaban J connectivity index is 1.94. The van der Waals surface area contributed by atoms with E-state index < -0.39 is 0 Å². The van der Waals surface area contributed by atoms with Gasteiger partial charge in [0, 0.05) is 17.9 Å². The molecule has 1 heterocycles. The van der Waals surface area contributed by atoms with Crippen LogP contribution in [0, 0.1) is 5.41 Å². The molecule has 1 aliphatic carbocycles. The SMILES string of the molecule is OCC1CCCCCN1CC1(CBr)CCC1. The van der Waals surface area contributed by atoms with Gasteiger partial charge in [0.15, 0.2) is 0 Å². The van der Waals surface area contributed by atoms with E-state index in [2.05, 4.69) is 20.8 Å². The van der Waals surface area contributed by atoms with Gasteiger partial charge in [0.05, 0.1) is 6.61 Å². The van der Waals surface area contributed by atoms with Crippen molar-refractivity contribution in [3.63, 3.8) is 0 Å². The van der Waals surface area contributed by atoms with Crippen LogP contribution >= 0.6 is 15.9 Å². The van der Waals surface area contributed by atoms with Gasteiger partial charge >= 0.3 is 0 Å². The Morgan fingerprint density at radius 3 is 2.56 bits per heavy atom. The summed E-state index contributed by atoms with van der Waals surface area (Å²) in [7, 11) is 0. The fourth-order valence-electron chi connectivity index (χ4n) is 3.09. The Kier molecular flexibility index (Phi) is 4.68. The first kappa shape index (κ1) is 12.8. The highest BCUT2D eigenvalue weighted by molar-refractivity contribution is 9.09. The zero-order chi connectivity index (χ0) is 11.4. The lowest BCUT2D eigenvalue weighted by Crippen LogP contribution is -2.48. The summed E-state index contributed by atoms with van der Waals surface area (Å²) in [6, 6.07) is 0.430. The molecule has 94 valence electrons. The molecule has 0 radical (unpaired) electrons. The molecule has 1 N–H and O–H groups in total. The maximum absolute atomic E-state index is 9.49. The molecule has 0 bridgehead atoms. The molecule has 2 fully saturated rings. The summed E-state index contributed by atoms with van der Waals surface area (Å²) in [5.74, 6) is 0. The van der Waals surface area contributed by atoms with Crippen molar-refractivity contribution in [1.29, 1.82) is 0 Å². The van der Waals surface area contributed by atoms with Gasteiger partial charge < -0.3 is 5.11 Å². The third kappa shape index (κ3) is 2.80. The van der Waals surface area contributed by atoms with E-state index in [1.165, 1.54) is 58.0 Å². The number of hydrogen-bond donors (Lipinski definition) is 1. The Morgan fingerprint density at radius 1 is 1.19 bits per heavy atom. The van der Waals surface area contributed by atoms with Gasteiger partial charge in [-0.1, -0.05) is 35.2 Å². The van der Waals surface area contributed by atoms with E-state index in [9.17, 15) is 5.11 Å². The van der Waals surface area contributed by atoms with Gasteiger partial charge in [-0.2, -0.15) is 0 Å². The van der Waals surface area contributed by atoms with Crippen molar-refractivity contribution >= 4 is 15.9 Å². The predicted octanol–water partition coefficient (Wildman–Crippen LogP) is 2.79. The maximum Gasteiger partial charge on any atom is 0.0586 e. The average Bonchev–Trinajstić information content (AvgIpc) is 2.48.